The molecule has 0 spiro atoms. The Labute approximate surface area is 176 Å². The SMILES string of the molecule is CC1=[C-]CC=C1.[CH2-]CCCCC.[CH2-]CCCCC.[CH2-]CCCCC.[Pt+4]. The van der Waals surface area contributed by atoms with E-state index < -0.39 is 0 Å². The minimum Gasteiger partial charge on any atom is -0.343 e. The van der Waals surface area contributed by atoms with Crippen LogP contribution in [-0.2, 0) is 21.1 Å². The van der Waals surface area contributed by atoms with Gasteiger partial charge < -0.3 is 20.8 Å². The van der Waals surface area contributed by atoms with Crippen molar-refractivity contribution in [1.82, 2.24) is 0 Å². The van der Waals surface area contributed by atoms with Gasteiger partial charge in [0.25, 0.3) is 0 Å². The van der Waals surface area contributed by atoms with Gasteiger partial charge in [-0.15, -0.1) is 6.42 Å². The van der Waals surface area contributed by atoms with Gasteiger partial charge in [0.15, 0.2) is 0 Å². The van der Waals surface area contributed by atoms with E-state index in [0.717, 1.165) is 25.7 Å². The van der Waals surface area contributed by atoms with Crippen LogP contribution in [0.15, 0.2) is 17.7 Å². The zero-order valence-corrected chi connectivity index (χ0v) is 20.1. The number of rotatable bonds is 9. The number of allylic oxidation sites excluding steroid dienone is 4. The second-order valence-electron chi connectivity index (χ2n) is 6.15. The van der Waals surface area contributed by atoms with Crippen molar-refractivity contribution < 1.29 is 21.1 Å². The van der Waals surface area contributed by atoms with Crippen LogP contribution in [0.1, 0.15) is 111 Å². The molecular formula is C24H46Pt. The fraction of sp³-hybridized carbons (Fsp3) is 0.708. The standard InChI is InChI=1S/C6H7.3C6H13.Pt/c1-6-4-2-3-5-6;3*1-3-5-6-4-2;/h2,4H,3H2,1H3;3*1,3-6H2,2H3;/q4*-1;+4. The van der Waals surface area contributed by atoms with Gasteiger partial charge >= 0.3 is 21.1 Å². The third-order valence-corrected chi connectivity index (χ3v) is 3.43. The second kappa shape index (κ2) is 35.3. The molecule has 0 atom stereocenters. The molecule has 0 fully saturated rings. The maximum Gasteiger partial charge on any atom is 4.00 e. The van der Waals surface area contributed by atoms with Crippen LogP contribution < -0.4 is 0 Å². The molecule has 0 N–H and O–H groups in total. The Kier molecular flexibility index (Phi) is 46.3. The van der Waals surface area contributed by atoms with E-state index in [1.165, 1.54) is 63.4 Å². The average molecular weight is 530 g/mol. The molecule has 0 bridgehead atoms. The molecule has 0 saturated carbocycles. The number of hydrogen-bond acceptors (Lipinski definition) is 0. The van der Waals surface area contributed by atoms with E-state index in [0.29, 0.717) is 0 Å². The first-order valence-electron chi connectivity index (χ1n) is 10.3. The van der Waals surface area contributed by atoms with E-state index in [4.69, 9.17) is 0 Å². The Morgan fingerprint density at radius 2 is 1.12 bits per heavy atom. The summed E-state index contributed by atoms with van der Waals surface area (Å²) in [5, 5.41) is 0. The molecule has 0 aromatic heterocycles. The first kappa shape index (κ1) is 32.8. The quantitative estimate of drug-likeness (QED) is 0.207. The van der Waals surface area contributed by atoms with Gasteiger partial charge in [-0.1, -0.05) is 85.5 Å². The molecular weight excluding hydrogens is 483 g/mol. The van der Waals surface area contributed by atoms with E-state index in [2.05, 4.69) is 66.7 Å². The Bertz CT molecular complexity index is 207. The van der Waals surface area contributed by atoms with Crippen LogP contribution in [0.5, 0.6) is 0 Å². The summed E-state index contributed by atoms with van der Waals surface area (Å²) < 4.78 is 0. The van der Waals surface area contributed by atoms with Crippen molar-refractivity contribution in [2.24, 2.45) is 0 Å². The van der Waals surface area contributed by atoms with Crippen LogP contribution in [0.2, 0.25) is 0 Å². The first-order valence-corrected chi connectivity index (χ1v) is 10.3. The van der Waals surface area contributed by atoms with Gasteiger partial charge in [0, 0.05) is 0 Å². The Morgan fingerprint density at radius 1 is 0.760 bits per heavy atom. The van der Waals surface area contributed by atoms with Crippen molar-refractivity contribution in [2.75, 3.05) is 0 Å². The largest absolute Gasteiger partial charge is 4.00 e. The van der Waals surface area contributed by atoms with Crippen LogP contribution in [0.3, 0.4) is 0 Å². The van der Waals surface area contributed by atoms with Gasteiger partial charge in [-0.2, -0.15) is 25.3 Å². The third-order valence-electron chi connectivity index (χ3n) is 3.43. The van der Waals surface area contributed by atoms with Crippen molar-refractivity contribution in [1.29, 1.82) is 0 Å². The van der Waals surface area contributed by atoms with Crippen LogP contribution in [0.25, 0.3) is 0 Å². The molecule has 1 rings (SSSR count). The summed E-state index contributed by atoms with van der Waals surface area (Å²) in [4.78, 5) is 0. The molecule has 0 aliphatic heterocycles. The van der Waals surface area contributed by atoms with Crippen molar-refractivity contribution in [3.8, 4) is 0 Å². The Balaban J connectivity index is -0.000000116. The van der Waals surface area contributed by atoms with Crippen molar-refractivity contribution in [3.05, 3.63) is 44.6 Å². The molecule has 0 aromatic rings. The third kappa shape index (κ3) is 45.4. The predicted molar refractivity (Wildman–Crippen MR) is 115 cm³/mol. The summed E-state index contributed by atoms with van der Waals surface area (Å²) in [6.07, 6.45) is 23.6. The second-order valence-corrected chi connectivity index (χ2v) is 6.15. The van der Waals surface area contributed by atoms with E-state index >= 15 is 0 Å². The Morgan fingerprint density at radius 3 is 1.20 bits per heavy atom. The molecule has 0 saturated heterocycles. The van der Waals surface area contributed by atoms with E-state index in [9.17, 15) is 0 Å². The van der Waals surface area contributed by atoms with Crippen molar-refractivity contribution in [2.45, 2.75) is 111 Å². The smallest absolute Gasteiger partial charge is 0.343 e. The minimum absolute atomic E-state index is 0. The van der Waals surface area contributed by atoms with Gasteiger partial charge in [0.1, 0.15) is 0 Å². The molecule has 0 nitrogen and oxygen atoms in total. The van der Waals surface area contributed by atoms with E-state index in [-0.39, 0.29) is 21.1 Å². The topological polar surface area (TPSA) is 0 Å². The molecule has 0 aromatic carbocycles. The molecule has 0 amide bonds. The van der Waals surface area contributed by atoms with E-state index in [1.807, 2.05) is 0 Å². The van der Waals surface area contributed by atoms with Gasteiger partial charge in [0.05, 0.1) is 0 Å². The molecule has 1 heteroatoms. The van der Waals surface area contributed by atoms with Crippen LogP contribution in [-0.4, -0.2) is 0 Å². The minimum atomic E-state index is 0. The Hall–Kier alpha value is 0.168. The van der Waals surface area contributed by atoms with Gasteiger partial charge in [-0.3, -0.25) is 6.08 Å². The summed E-state index contributed by atoms with van der Waals surface area (Å²) >= 11 is 0. The maximum atomic E-state index is 3.72. The van der Waals surface area contributed by atoms with Crippen molar-refractivity contribution >= 4 is 0 Å². The summed E-state index contributed by atoms with van der Waals surface area (Å²) in [6, 6.07) is 0. The summed E-state index contributed by atoms with van der Waals surface area (Å²) in [5.74, 6) is 0. The average Bonchev–Trinajstić information content (AvgIpc) is 3.09. The monoisotopic (exact) mass is 529 g/mol. The molecule has 1 aliphatic carbocycles. The van der Waals surface area contributed by atoms with Crippen LogP contribution >= 0.6 is 0 Å². The number of unbranched alkanes of at least 4 members (excludes halogenated alkanes) is 9. The molecule has 0 radical (unpaired) electrons. The predicted octanol–water partition coefficient (Wildman–Crippen LogP) is 8.90. The van der Waals surface area contributed by atoms with Crippen LogP contribution in [0.4, 0.5) is 0 Å². The molecule has 152 valence electrons. The zero-order chi connectivity index (χ0) is 18.9. The maximum absolute atomic E-state index is 3.72. The summed E-state index contributed by atoms with van der Waals surface area (Å²) in [7, 11) is 0. The normalized spacial score (nSPS) is 10.9. The first-order chi connectivity index (χ1) is 11.6. The van der Waals surface area contributed by atoms with Gasteiger partial charge in [-0.05, 0) is 0 Å². The fourth-order valence-corrected chi connectivity index (χ4v) is 1.79. The summed E-state index contributed by atoms with van der Waals surface area (Å²) in [6.45, 7) is 19.8. The fourth-order valence-electron chi connectivity index (χ4n) is 1.79. The van der Waals surface area contributed by atoms with Crippen molar-refractivity contribution in [3.63, 3.8) is 0 Å². The van der Waals surface area contributed by atoms with Gasteiger partial charge in [-0.25, -0.2) is 11.6 Å². The molecule has 25 heavy (non-hydrogen) atoms. The zero-order valence-electron chi connectivity index (χ0n) is 17.8. The van der Waals surface area contributed by atoms with Crippen LogP contribution in [0, 0.1) is 26.8 Å². The molecule has 0 unspecified atom stereocenters. The number of hydrogen-bond donors (Lipinski definition) is 0. The summed E-state index contributed by atoms with van der Waals surface area (Å²) in [5.41, 5.74) is 1.27. The van der Waals surface area contributed by atoms with E-state index in [1.54, 1.807) is 0 Å². The van der Waals surface area contributed by atoms with Gasteiger partial charge in [0.2, 0.25) is 0 Å². The molecule has 0 heterocycles. The molecule has 1 aliphatic rings.